The molecule has 1 aliphatic rings. The van der Waals surface area contributed by atoms with Crippen LogP contribution in [0.2, 0.25) is 0 Å². The van der Waals surface area contributed by atoms with Gasteiger partial charge >= 0.3 is 6.18 Å². The number of carbonyl (C=O) groups excluding carboxylic acids is 2. The second-order valence-electron chi connectivity index (χ2n) is 4.69. The van der Waals surface area contributed by atoms with Crippen molar-refractivity contribution in [1.82, 2.24) is 5.32 Å². The molecule has 2 amide bonds. The molecule has 0 radical (unpaired) electrons. The molecule has 1 atom stereocenters. The minimum absolute atomic E-state index is 0.173. The second-order valence-corrected chi connectivity index (χ2v) is 4.69. The maximum atomic E-state index is 13.1. The highest BCUT2D eigenvalue weighted by Crippen LogP contribution is 2.33. The number of halogens is 4. The first-order chi connectivity index (χ1) is 9.77. The molecule has 1 heterocycles. The van der Waals surface area contributed by atoms with E-state index >= 15 is 0 Å². The largest absolute Gasteiger partial charge is 0.419 e. The van der Waals surface area contributed by atoms with E-state index < -0.39 is 29.5 Å². The van der Waals surface area contributed by atoms with E-state index in [2.05, 4.69) is 10.6 Å². The smallest absolute Gasteiger partial charge is 0.344 e. The van der Waals surface area contributed by atoms with Crippen LogP contribution in [0.5, 0.6) is 0 Å². The van der Waals surface area contributed by atoms with Gasteiger partial charge in [0.2, 0.25) is 11.8 Å². The summed E-state index contributed by atoms with van der Waals surface area (Å²) < 4.78 is 50.8. The number of hydrogen-bond acceptors (Lipinski definition) is 2. The van der Waals surface area contributed by atoms with Gasteiger partial charge in [-0.1, -0.05) is 0 Å². The van der Waals surface area contributed by atoms with Crippen LogP contribution in [0.25, 0.3) is 0 Å². The minimum atomic E-state index is -4.84. The Bertz CT molecular complexity index is 572. The van der Waals surface area contributed by atoms with Gasteiger partial charge in [-0.05, 0) is 31.0 Å². The standard InChI is InChI=1S/C13H12F4N2O2/c14-9-5-4-7(6-8(9)13(15,16)17)18-12(21)10-2-1-3-11(20)19-10/h4-6,10H,1-3H2,(H,18,21)(H,19,20)/t10-/m1/s1. The third-order valence-electron chi connectivity index (χ3n) is 3.09. The van der Waals surface area contributed by atoms with Crippen molar-refractivity contribution in [3.63, 3.8) is 0 Å². The topological polar surface area (TPSA) is 58.2 Å². The van der Waals surface area contributed by atoms with Crippen LogP contribution in [-0.2, 0) is 15.8 Å². The van der Waals surface area contributed by atoms with Crippen LogP contribution >= 0.6 is 0 Å². The maximum Gasteiger partial charge on any atom is 0.419 e. The first-order valence-corrected chi connectivity index (χ1v) is 6.24. The zero-order valence-electron chi connectivity index (χ0n) is 10.8. The summed E-state index contributed by atoms with van der Waals surface area (Å²) in [6.45, 7) is 0. The fraction of sp³-hybridized carbons (Fsp3) is 0.385. The van der Waals surface area contributed by atoms with E-state index in [0.29, 0.717) is 31.4 Å². The van der Waals surface area contributed by atoms with Crippen LogP contribution in [0.3, 0.4) is 0 Å². The van der Waals surface area contributed by atoms with Gasteiger partial charge in [0, 0.05) is 12.1 Å². The van der Waals surface area contributed by atoms with Gasteiger partial charge in [-0.2, -0.15) is 13.2 Å². The molecule has 1 fully saturated rings. The first-order valence-electron chi connectivity index (χ1n) is 6.24. The van der Waals surface area contributed by atoms with Gasteiger partial charge in [-0.3, -0.25) is 9.59 Å². The highest BCUT2D eigenvalue weighted by molar-refractivity contribution is 5.97. The zero-order valence-corrected chi connectivity index (χ0v) is 10.8. The van der Waals surface area contributed by atoms with Crippen molar-refractivity contribution in [3.05, 3.63) is 29.6 Å². The Morgan fingerprint density at radius 1 is 1.33 bits per heavy atom. The van der Waals surface area contributed by atoms with Crippen LogP contribution in [0.4, 0.5) is 23.2 Å². The van der Waals surface area contributed by atoms with Crippen molar-refractivity contribution in [2.24, 2.45) is 0 Å². The molecule has 4 nitrogen and oxygen atoms in total. The van der Waals surface area contributed by atoms with Gasteiger partial charge in [0.05, 0.1) is 5.56 Å². The van der Waals surface area contributed by atoms with Crippen LogP contribution in [0, 0.1) is 5.82 Å². The van der Waals surface area contributed by atoms with Crippen LogP contribution < -0.4 is 10.6 Å². The van der Waals surface area contributed by atoms with Crippen LogP contribution in [0.15, 0.2) is 18.2 Å². The molecule has 114 valence electrons. The molecule has 0 unspecified atom stereocenters. The molecule has 1 aliphatic heterocycles. The number of benzene rings is 1. The predicted molar refractivity (Wildman–Crippen MR) is 65.8 cm³/mol. The molecular formula is C13H12F4N2O2. The average Bonchev–Trinajstić information content (AvgIpc) is 2.39. The van der Waals surface area contributed by atoms with E-state index in [4.69, 9.17) is 0 Å². The van der Waals surface area contributed by atoms with Crippen molar-refractivity contribution in [2.75, 3.05) is 5.32 Å². The fourth-order valence-electron chi connectivity index (χ4n) is 2.05. The number of amides is 2. The monoisotopic (exact) mass is 304 g/mol. The van der Waals surface area contributed by atoms with Gasteiger partial charge in [0.1, 0.15) is 11.9 Å². The Balaban J connectivity index is 2.12. The van der Waals surface area contributed by atoms with Gasteiger partial charge in [-0.25, -0.2) is 4.39 Å². The van der Waals surface area contributed by atoms with Crippen molar-refractivity contribution < 1.29 is 27.2 Å². The summed E-state index contributed by atoms with van der Waals surface area (Å²) >= 11 is 0. The number of carbonyl (C=O) groups is 2. The van der Waals surface area contributed by atoms with Gasteiger partial charge in [-0.15, -0.1) is 0 Å². The molecule has 0 spiro atoms. The van der Waals surface area contributed by atoms with Crippen molar-refractivity contribution >= 4 is 17.5 Å². The SMILES string of the molecule is O=C1CCC[C@H](C(=O)Nc2ccc(F)c(C(F)(F)F)c2)N1. The quantitative estimate of drug-likeness (QED) is 0.825. The molecule has 0 saturated carbocycles. The third kappa shape index (κ3) is 3.71. The number of hydrogen-bond donors (Lipinski definition) is 2. The molecule has 2 rings (SSSR count). The highest BCUT2D eigenvalue weighted by Gasteiger charge is 2.34. The van der Waals surface area contributed by atoms with Crippen LogP contribution in [0.1, 0.15) is 24.8 Å². The van der Waals surface area contributed by atoms with E-state index in [9.17, 15) is 27.2 Å². The molecule has 1 saturated heterocycles. The van der Waals surface area contributed by atoms with E-state index in [0.717, 1.165) is 6.07 Å². The predicted octanol–water partition coefficient (Wildman–Crippen LogP) is 2.45. The summed E-state index contributed by atoms with van der Waals surface area (Å²) in [5, 5.41) is 4.70. The van der Waals surface area contributed by atoms with E-state index in [1.165, 1.54) is 0 Å². The van der Waals surface area contributed by atoms with Crippen molar-refractivity contribution in [1.29, 1.82) is 0 Å². The summed E-state index contributed by atoms with van der Waals surface area (Å²) in [5.74, 6) is -2.31. The average molecular weight is 304 g/mol. The summed E-state index contributed by atoms with van der Waals surface area (Å²) in [7, 11) is 0. The Labute approximate surface area is 117 Å². The highest BCUT2D eigenvalue weighted by atomic mass is 19.4. The molecule has 0 aliphatic carbocycles. The molecule has 8 heteroatoms. The van der Waals surface area contributed by atoms with Crippen LogP contribution in [-0.4, -0.2) is 17.9 Å². The fourth-order valence-corrected chi connectivity index (χ4v) is 2.05. The number of rotatable bonds is 2. The third-order valence-corrected chi connectivity index (χ3v) is 3.09. The molecule has 2 N–H and O–H groups in total. The first kappa shape index (κ1) is 15.3. The Kier molecular flexibility index (Phi) is 4.15. The second kappa shape index (κ2) is 5.71. The minimum Gasteiger partial charge on any atom is -0.344 e. The summed E-state index contributed by atoms with van der Waals surface area (Å²) in [6.07, 6.45) is -3.59. The molecular weight excluding hydrogens is 292 g/mol. The summed E-state index contributed by atoms with van der Waals surface area (Å²) in [5.41, 5.74) is -1.62. The Morgan fingerprint density at radius 3 is 2.67 bits per heavy atom. The van der Waals surface area contributed by atoms with E-state index in [1.54, 1.807) is 0 Å². The number of nitrogens with one attached hydrogen (secondary N) is 2. The molecule has 0 aromatic heterocycles. The number of anilines is 1. The van der Waals surface area contributed by atoms with Gasteiger partial charge in [0.25, 0.3) is 0 Å². The molecule has 21 heavy (non-hydrogen) atoms. The van der Waals surface area contributed by atoms with E-state index in [-0.39, 0.29) is 11.6 Å². The van der Waals surface area contributed by atoms with E-state index in [1.807, 2.05) is 0 Å². The molecule has 1 aromatic rings. The lowest BCUT2D eigenvalue weighted by molar-refractivity contribution is -0.140. The van der Waals surface area contributed by atoms with Crippen molar-refractivity contribution in [3.8, 4) is 0 Å². The summed E-state index contributed by atoms with van der Waals surface area (Å²) in [6, 6.07) is 1.41. The molecule has 1 aromatic carbocycles. The van der Waals surface area contributed by atoms with Gasteiger partial charge in [0.15, 0.2) is 0 Å². The number of piperidine rings is 1. The maximum absolute atomic E-state index is 13.1. The lowest BCUT2D eigenvalue weighted by Crippen LogP contribution is -2.46. The molecule has 0 bridgehead atoms. The Morgan fingerprint density at radius 2 is 2.05 bits per heavy atom. The lowest BCUT2D eigenvalue weighted by atomic mass is 10.0. The normalized spacial score (nSPS) is 19.0. The number of alkyl halides is 3. The zero-order chi connectivity index (χ0) is 15.6. The Hall–Kier alpha value is -2.12. The van der Waals surface area contributed by atoms with Crippen molar-refractivity contribution in [2.45, 2.75) is 31.5 Å². The summed E-state index contributed by atoms with van der Waals surface area (Å²) in [4.78, 5) is 23.0. The lowest BCUT2D eigenvalue weighted by Gasteiger charge is -2.22. The van der Waals surface area contributed by atoms with Gasteiger partial charge < -0.3 is 10.6 Å².